The van der Waals surface area contributed by atoms with Crippen LogP contribution in [0.4, 0.5) is 13.2 Å². The van der Waals surface area contributed by atoms with Crippen LogP contribution < -0.4 is 0 Å². The standard InChI is InChI=1S/C15H17F3O2S/c16-15(17,18)11-1-3-12(4-2-11)21-13-5-7-14(8-6-13)19-9-10-20-14/h1-4,13H,5-10H2. The second kappa shape index (κ2) is 5.82. The molecule has 3 rings (SSSR count). The van der Waals surface area contributed by atoms with Crippen molar-refractivity contribution in [1.82, 2.24) is 0 Å². The molecule has 1 saturated carbocycles. The van der Waals surface area contributed by atoms with Crippen molar-refractivity contribution in [3.05, 3.63) is 29.8 Å². The van der Waals surface area contributed by atoms with Crippen molar-refractivity contribution in [1.29, 1.82) is 0 Å². The minimum absolute atomic E-state index is 0.378. The van der Waals surface area contributed by atoms with E-state index >= 15 is 0 Å². The fourth-order valence-electron chi connectivity index (χ4n) is 2.85. The third kappa shape index (κ3) is 3.55. The molecule has 21 heavy (non-hydrogen) atoms. The van der Waals surface area contributed by atoms with E-state index in [9.17, 15) is 13.2 Å². The van der Waals surface area contributed by atoms with Crippen molar-refractivity contribution in [3.63, 3.8) is 0 Å². The first-order valence-electron chi connectivity index (χ1n) is 7.09. The lowest BCUT2D eigenvalue weighted by atomic mass is 9.94. The number of halogens is 3. The van der Waals surface area contributed by atoms with E-state index in [4.69, 9.17) is 9.47 Å². The molecule has 1 aliphatic heterocycles. The van der Waals surface area contributed by atoms with Gasteiger partial charge in [-0.3, -0.25) is 0 Å². The molecule has 1 aromatic rings. The summed E-state index contributed by atoms with van der Waals surface area (Å²) in [7, 11) is 0. The van der Waals surface area contributed by atoms with Gasteiger partial charge in [0.2, 0.25) is 0 Å². The van der Waals surface area contributed by atoms with Crippen molar-refractivity contribution in [2.24, 2.45) is 0 Å². The maximum atomic E-state index is 12.5. The van der Waals surface area contributed by atoms with E-state index in [0.717, 1.165) is 42.7 Å². The average molecular weight is 318 g/mol. The maximum absolute atomic E-state index is 12.5. The molecule has 0 atom stereocenters. The number of alkyl halides is 3. The van der Waals surface area contributed by atoms with Crippen molar-refractivity contribution >= 4 is 11.8 Å². The number of thioether (sulfide) groups is 1. The van der Waals surface area contributed by atoms with Gasteiger partial charge in [0, 0.05) is 23.0 Å². The lowest BCUT2D eigenvalue weighted by molar-refractivity contribution is -0.175. The van der Waals surface area contributed by atoms with Gasteiger partial charge in [0.15, 0.2) is 5.79 Å². The lowest BCUT2D eigenvalue weighted by Gasteiger charge is -2.35. The summed E-state index contributed by atoms with van der Waals surface area (Å²) in [5, 5.41) is 0.417. The minimum atomic E-state index is -4.27. The minimum Gasteiger partial charge on any atom is -0.348 e. The van der Waals surface area contributed by atoms with Gasteiger partial charge in [-0.2, -0.15) is 13.2 Å². The van der Waals surface area contributed by atoms with E-state index < -0.39 is 11.7 Å². The average Bonchev–Trinajstić information content (AvgIpc) is 2.90. The van der Waals surface area contributed by atoms with Gasteiger partial charge < -0.3 is 9.47 Å². The largest absolute Gasteiger partial charge is 0.416 e. The summed E-state index contributed by atoms with van der Waals surface area (Å²) in [5.74, 6) is -0.378. The van der Waals surface area contributed by atoms with Crippen LogP contribution in [0, 0.1) is 0 Å². The van der Waals surface area contributed by atoms with Gasteiger partial charge in [0.1, 0.15) is 0 Å². The Morgan fingerprint density at radius 3 is 2.10 bits per heavy atom. The highest BCUT2D eigenvalue weighted by molar-refractivity contribution is 8.00. The van der Waals surface area contributed by atoms with Gasteiger partial charge in [-0.25, -0.2) is 0 Å². The highest BCUT2D eigenvalue weighted by atomic mass is 32.2. The summed E-state index contributed by atoms with van der Waals surface area (Å²) in [6.45, 7) is 1.33. The van der Waals surface area contributed by atoms with Crippen LogP contribution >= 0.6 is 11.8 Å². The zero-order valence-corrected chi connectivity index (χ0v) is 12.3. The highest BCUT2D eigenvalue weighted by Crippen LogP contribution is 2.42. The van der Waals surface area contributed by atoms with Gasteiger partial charge in [0.05, 0.1) is 18.8 Å². The van der Waals surface area contributed by atoms with Gasteiger partial charge in [0.25, 0.3) is 0 Å². The molecule has 0 bridgehead atoms. The van der Waals surface area contributed by atoms with Crippen LogP contribution in [0.1, 0.15) is 31.2 Å². The number of rotatable bonds is 2. The fraction of sp³-hybridized carbons (Fsp3) is 0.600. The van der Waals surface area contributed by atoms with E-state index in [1.807, 2.05) is 0 Å². The molecule has 0 amide bonds. The second-order valence-corrected chi connectivity index (χ2v) is 6.82. The Morgan fingerprint density at radius 1 is 1.00 bits per heavy atom. The summed E-state index contributed by atoms with van der Waals surface area (Å²) >= 11 is 1.65. The van der Waals surface area contributed by atoms with Gasteiger partial charge in [-0.1, -0.05) is 0 Å². The molecule has 1 spiro atoms. The molecule has 1 aromatic carbocycles. The van der Waals surface area contributed by atoms with Crippen LogP contribution in [0.5, 0.6) is 0 Å². The van der Waals surface area contributed by atoms with Gasteiger partial charge in [-0.15, -0.1) is 11.8 Å². The second-order valence-electron chi connectivity index (χ2n) is 5.45. The first-order chi connectivity index (χ1) is 9.97. The van der Waals surface area contributed by atoms with Crippen LogP contribution in [0.3, 0.4) is 0 Å². The topological polar surface area (TPSA) is 18.5 Å². The molecule has 0 aromatic heterocycles. The Kier molecular flexibility index (Phi) is 4.21. The molecule has 1 saturated heterocycles. The maximum Gasteiger partial charge on any atom is 0.416 e. The monoisotopic (exact) mass is 318 g/mol. The van der Waals surface area contributed by atoms with Crippen molar-refractivity contribution < 1.29 is 22.6 Å². The van der Waals surface area contributed by atoms with Gasteiger partial charge >= 0.3 is 6.18 Å². The molecule has 6 heteroatoms. The smallest absolute Gasteiger partial charge is 0.348 e. The first kappa shape index (κ1) is 15.2. The molecule has 0 N–H and O–H groups in total. The summed E-state index contributed by atoms with van der Waals surface area (Å²) in [6, 6.07) is 5.41. The molecule has 2 fully saturated rings. The summed E-state index contributed by atoms with van der Waals surface area (Å²) in [5.41, 5.74) is -0.595. The summed E-state index contributed by atoms with van der Waals surface area (Å²) in [6.07, 6.45) is -0.606. The van der Waals surface area contributed by atoms with Crippen LogP contribution in [0.25, 0.3) is 0 Å². The Bertz CT molecular complexity index is 471. The predicted octanol–water partition coefficient (Wildman–Crippen LogP) is 4.48. The molecule has 0 unspecified atom stereocenters. The van der Waals surface area contributed by atoms with E-state index in [1.54, 1.807) is 23.9 Å². The van der Waals surface area contributed by atoms with Crippen LogP contribution in [-0.2, 0) is 15.7 Å². The molecule has 2 aliphatic rings. The Hall–Kier alpha value is -0.720. The van der Waals surface area contributed by atoms with E-state index in [1.165, 1.54) is 0 Å². The zero-order valence-electron chi connectivity index (χ0n) is 11.5. The highest BCUT2D eigenvalue weighted by Gasteiger charge is 2.40. The van der Waals surface area contributed by atoms with Crippen molar-refractivity contribution in [2.45, 2.75) is 47.8 Å². The van der Waals surface area contributed by atoms with Crippen molar-refractivity contribution in [2.75, 3.05) is 13.2 Å². The molecule has 1 aliphatic carbocycles. The van der Waals surface area contributed by atoms with E-state index in [0.29, 0.717) is 18.5 Å². The number of hydrogen-bond donors (Lipinski definition) is 0. The van der Waals surface area contributed by atoms with Crippen LogP contribution in [0.2, 0.25) is 0 Å². The third-order valence-electron chi connectivity index (χ3n) is 3.99. The quantitative estimate of drug-likeness (QED) is 0.801. The molecular formula is C15H17F3O2S. The third-order valence-corrected chi connectivity index (χ3v) is 5.34. The fourth-order valence-corrected chi connectivity index (χ4v) is 4.00. The summed E-state index contributed by atoms with van der Waals surface area (Å²) in [4.78, 5) is 0.886. The Balaban J connectivity index is 1.55. The molecule has 1 heterocycles. The molecule has 2 nitrogen and oxygen atoms in total. The number of benzene rings is 1. The van der Waals surface area contributed by atoms with Crippen molar-refractivity contribution in [3.8, 4) is 0 Å². The lowest BCUT2D eigenvalue weighted by Crippen LogP contribution is -2.35. The van der Waals surface area contributed by atoms with Crippen LogP contribution in [-0.4, -0.2) is 24.3 Å². The first-order valence-corrected chi connectivity index (χ1v) is 7.97. The van der Waals surface area contributed by atoms with Crippen LogP contribution in [0.15, 0.2) is 29.2 Å². The number of ether oxygens (including phenoxy) is 2. The molecule has 116 valence electrons. The molecule has 0 radical (unpaired) electrons. The van der Waals surface area contributed by atoms with E-state index in [2.05, 4.69) is 0 Å². The van der Waals surface area contributed by atoms with E-state index in [-0.39, 0.29) is 5.79 Å². The molecular weight excluding hydrogens is 301 g/mol. The summed E-state index contributed by atoms with van der Waals surface area (Å²) < 4.78 is 48.9. The normalized spacial score (nSPS) is 22.8. The predicted molar refractivity (Wildman–Crippen MR) is 74.2 cm³/mol. The SMILES string of the molecule is FC(F)(F)c1ccc(SC2CCC3(CC2)OCCO3)cc1. The Labute approximate surface area is 126 Å². The van der Waals surface area contributed by atoms with Gasteiger partial charge in [-0.05, 0) is 37.1 Å². The number of hydrogen-bond acceptors (Lipinski definition) is 3. The zero-order chi connectivity index (χ0) is 14.9. The Morgan fingerprint density at radius 2 is 1.57 bits per heavy atom.